The van der Waals surface area contributed by atoms with Crippen LogP contribution in [0.3, 0.4) is 0 Å². The first-order chi connectivity index (χ1) is 19.9. The normalized spacial score (nSPS) is 28.4. The van der Waals surface area contributed by atoms with Crippen LogP contribution in [0.2, 0.25) is 0 Å². The van der Waals surface area contributed by atoms with E-state index in [1.165, 1.54) is 17.7 Å². The van der Waals surface area contributed by atoms with Crippen LogP contribution in [0.25, 0.3) is 0 Å². The fourth-order valence-corrected chi connectivity index (χ4v) is 7.42. The molecule has 42 heavy (non-hydrogen) atoms. The molecule has 226 valence electrons. The van der Waals surface area contributed by atoms with Gasteiger partial charge in [-0.15, -0.1) is 0 Å². The quantitative estimate of drug-likeness (QED) is 0.294. The molecule has 5 nitrogen and oxygen atoms in total. The summed E-state index contributed by atoms with van der Waals surface area (Å²) in [6.07, 6.45) is 1.94. The lowest BCUT2D eigenvalue weighted by Gasteiger charge is -2.43. The molecule has 2 aromatic carbocycles. The van der Waals surface area contributed by atoms with Crippen molar-refractivity contribution in [2.45, 2.75) is 95.9 Å². The molecule has 6 rings (SSSR count). The zero-order chi connectivity index (χ0) is 30.3. The van der Waals surface area contributed by atoms with Crippen LogP contribution in [0.15, 0.2) is 54.1 Å². The Morgan fingerprint density at radius 1 is 1.14 bits per heavy atom. The van der Waals surface area contributed by atoms with Crippen LogP contribution in [0.1, 0.15) is 104 Å². The topological polar surface area (TPSA) is 66.8 Å². The highest BCUT2D eigenvalue weighted by atomic mass is 19.4. The molecule has 0 aromatic heterocycles. The molecule has 2 bridgehead atoms. The van der Waals surface area contributed by atoms with E-state index < -0.39 is 34.6 Å². The standard InChI is InChI=1S/C34H40F3NO4/c1-4-17-38-21-33(42-31(38)41)16-14-29-27-13-11-23(18-26(39)12-10-22(2)7-6-15-32(29,33)3)19-28(27)30(40)24-8-5-9-25(20-24)34(35,36)37/h5,7-9,11,13,19-20,26,29,39H,4,6,10,12,14-18,21H2,1-3H3. The van der Waals surface area contributed by atoms with Crippen molar-refractivity contribution in [3.8, 4) is 0 Å². The first-order valence-electron chi connectivity index (χ1n) is 15.0. The smallest absolute Gasteiger partial charge is 0.416 e. The number of hydrogen-bond acceptors (Lipinski definition) is 4. The summed E-state index contributed by atoms with van der Waals surface area (Å²) in [6, 6.07) is 10.2. The van der Waals surface area contributed by atoms with Crippen molar-refractivity contribution < 1.29 is 32.6 Å². The Bertz CT molecular complexity index is 1390. The monoisotopic (exact) mass is 583 g/mol. The van der Waals surface area contributed by atoms with E-state index in [1.54, 1.807) is 11.0 Å². The van der Waals surface area contributed by atoms with Crippen LogP contribution < -0.4 is 0 Å². The van der Waals surface area contributed by atoms with E-state index in [4.69, 9.17) is 4.74 Å². The Balaban J connectivity index is 1.64. The predicted octanol–water partition coefficient (Wildman–Crippen LogP) is 7.84. The van der Waals surface area contributed by atoms with Crippen LogP contribution in [-0.4, -0.2) is 46.7 Å². The second-order valence-electron chi connectivity index (χ2n) is 12.6. The maximum atomic E-state index is 14.1. The number of aliphatic hydroxyl groups is 1. The molecule has 4 unspecified atom stereocenters. The van der Waals surface area contributed by atoms with Gasteiger partial charge in [0.05, 0.1) is 18.2 Å². The second kappa shape index (κ2) is 11.5. The molecule has 1 amide bonds. The summed E-state index contributed by atoms with van der Waals surface area (Å²) in [7, 11) is 0. The molecule has 1 spiro atoms. The highest BCUT2D eigenvalue weighted by Gasteiger charge is 2.63. The summed E-state index contributed by atoms with van der Waals surface area (Å²) in [5.74, 6) is -0.637. The van der Waals surface area contributed by atoms with E-state index in [0.717, 1.165) is 42.5 Å². The van der Waals surface area contributed by atoms with E-state index in [2.05, 4.69) is 19.9 Å². The average molecular weight is 584 g/mol. The number of fused-ring (bicyclic) bond motifs is 8. The molecule has 0 radical (unpaired) electrons. The first-order valence-corrected chi connectivity index (χ1v) is 15.0. The number of ether oxygens (including phenoxy) is 1. The third-order valence-corrected chi connectivity index (χ3v) is 9.82. The zero-order valence-corrected chi connectivity index (χ0v) is 24.6. The van der Waals surface area contributed by atoms with E-state index in [0.29, 0.717) is 50.8 Å². The molecule has 2 aromatic rings. The molecular weight excluding hydrogens is 543 g/mol. The summed E-state index contributed by atoms with van der Waals surface area (Å²) < 4.78 is 46.9. The molecule has 3 aliphatic carbocycles. The summed E-state index contributed by atoms with van der Waals surface area (Å²) >= 11 is 0. The highest BCUT2D eigenvalue weighted by molar-refractivity contribution is 6.10. The Kier molecular flexibility index (Phi) is 8.31. The summed E-state index contributed by atoms with van der Waals surface area (Å²) in [5, 5.41) is 10.8. The number of nitrogens with zero attached hydrogens (tertiary/aromatic N) is 1. The number of halogens is 3. The number of carbonyl (C=O) groups is 2. The second-order valence-corrected chi connectivity index (χ2v) is 12.6. The highest BCUT2D eigenvalue weighted by Crippen LogP contribution is 2.61. The first kappa shape index (κ1) is 30.3. The number of allylic oxidation sites excluding steroid dienone is 2. The number of alkyl halides is 3. The van der Waals surface area contributed by atoms with Gasteiger partial charge in [0.2, 0.25) is 0 Å². The van der Waals surface area contributed by atoms with Crippen molar-refractivity contribution in [3.63, 3.8) is 0 Å². The molecule has 4 atom stereocenters. The van der Waals surface area contributed by atoms with Gasteiger partial charge in [-0.1, -0.05) is 49.8 Å². The summed E-state index contributed by atoms with van der Waals surface area (Å²) in [5.41, 5.74) is 0.927. The number of aliphatic hydroxyl groups excluding tert-OH is 1. The molecule has 1 heterocycles. The minimum Gasteiger partial charge on any atom is -0.440 e. The molecule has 4 aliphatic rings. The zero-order valence-electron chi connectivity index (χ0n) is 24.6. The number of rotatable bonds is 4. The summed E-state index contributed by atoms with van der Waals surface area (Å²) in [6.45, 7) is 7.34. The molecule has 1 saturated carbocycles. The van der Waals surface area contributed by atoms with Crippen LogP contribution in [0.5, 0.6) is 0 Å². The lowest BCUT2D eigenvalue weighted by Crippen LogP contribution is -2.48. The van der Waals surface area contributed by atoms with Crippen molar-refractivity contribution >= 4 is 11.9 Å². The van der Waals surface area contributed by atoms with Gasteiger partial charge in [-0.25, -0.2) is 4.79 Å². The molecule has 8 heteroatoms. The van der Waals surface area contributed by atoms with Crippen molar-refractivity contribution in [2.75, 3.05) is 13.1 Å². The molecule has 1 aliphatic heterocycles. The van der Waals surface area contributed by atoms with E-state index in [9.17, 15) is 27.9 Å². The van der Waals surface area contributed by atoms with Crippen molar-refractivity contribution in [1.82, 2.24) is 4.90 Å². The van der Waals surface area contributed by atoms with Gasteiger partial charge in [0, 0.05) is 23.1 Å². The molecular formula is C34H40F3NO4. The summed E-state index contributed by atoms with van der Waals surface area (Å²) in [4.78, 5) is 28.8. The van der Waals surface area contributed by atoms with Gasteiger partial charge in [0.1, 0.15) is 5.60 Å². The van der Waals surface area contributed by atoms with Crippen LogP contribution in [0.4, 0.5) is 18.0 Å². The van der Waals surface area contributed by atoms with Gasteiger partial charge in [-0.2, -0.15) is 13.2 Å². The Morgan fingerprint density at radius 2 is 1.93 bits per heavy atom. The third-order valence-electron chi connectivity index (χ3n) is 9.82. The van der Waals surface area contributed by atoms with Crippen LogP contribution in [-0.2, 0) is 17.3 Å². The number of carbonyl (C=O) groups excluding carboxylic acids is 2. The van der Waals surface area contributed by atoms with E-state index in [1.807, 2.05) is 19.1 Å². The van der Waals surface area contributed by atoms with Crippen molar-refractivity contribution in [3.05, 3.63) is 81.9 Å². The Labute approximate surface area is 245 Å². The molecule has 1 N–H and O–H groups in total. The molecule has 2 fully saturated rings. The lowest BCUT2D eigenvalue weighted by atomic mass is 9.64. The largest absolute Gasteiger partial charge is 0.440 e. The number of ketones is 1. The van der Waals surface area contributed by atoms with Crippen LogP contribution in [0, 0.1) is 5.41 Å². The fourth-order valence-electron chi connectivity index (χ4n) is 7.42. The Hall–Kier alpha value is -3.13. The van der Waals surface area contributed by atoms with Gasteiger partial charge in [0.15, 0.2) is 5.78 Å². The maximum Gasteiger partial charge on any atom is 0.416 e. The van der Waals surface area contributed by atoms with Crippen molar-refractivity contribution in [2.24, 2.45) is 5.41 Å². The predicted molar refractivity (Wildman–Crippen MR) is 154 cm³/mol. The van der Waals surface area contributed by atoms with Gasteiger partial charge >= 0.3 is 12.3 Å². The van der Waals surface area contributed by atoms with E-state index >= 15 is 0 Å². The SMILES string of the molecule is CCCN1CC2(CCC3c4ccc(cc4C(=O)c4cccc(C(F)(F)F)c4)CC(O)CCC(C)=CCCC32C)OC1=O. The third kappa shape index (κ3) is 5.62. The molecule has 1 saturated heterocycles. The van der Waals surface area contributed by atoms with Gasteiger partial charge in [0.25, 0.3) is 0 Å². The van der Waals surface area contributed by atoms with Gasteiger partial charge in [-0.05, 0) is 93.5 Å². The van der Waals surface area contributed by atoms with Gasteiger partial charge in [-0.3, -0.25) is 4.79 Å². The fraction of sp³-hybridized carbons (Fsp3) is 0.529. The number of hydrogen-bond donors (Lipinski definition) is 1. The number of amides is 1. The number of benzene rings is 2. The maximum absolute atomic E-state index is 14.1. The Morgan fingerprint density at radius 3 is 2.67 bits per heavy atom. The van der Waals surface area contributed by atoms with Crippen LogP contribution >= 0.6 is 0 Å². The van der Waals surface area contributed by atoms with Crippen molar-refractivity contribution in [1.29, 1.82) is 0 Å². The lowest BCUT2D eigenvalue weighted by molar-refractivity contribution is -0.137. The van der Waals surface area contributed by atoms with E-state index in [-0.39, 0.29) is 17.6 Å². The minimum absolute atomic E-state index is 0.0284. The minimum atomic E-state index is -4.57. The van der Waals surface area contributed by atoms with Gasteiger partial charge < -0.3 is 14.7 Å². The average Bonchev–Trinajstić information content (AvgIpc) is 3.41.